The number of carbonyl (C=O) groups is 1. The Morgan fingerprint density at radius 2 is 1.84 bits per heavy atom. The molecule has 8 nitrogen and oxygen atoms in total. The second-order valence-electron chi connectivity index (χ2n) is 11.2. The first-order valence-corrected chi connectivity index (χ1v) is 13.4. The standard InChI is InChI=1S/C30H33NO7/c1-29(2)37-25(18-8-5-4-6-9-18)27(38-29)28(32)36-26-23(33-3)16-30-11-7-12-31(30)13-10-19-14-21-22(35-17-34-21)15-20(19)24(26)30/h4-6,8-9,14-16,24-27H,7,10-13,17H2,1-3H3/t24-,25?,26?,27?,30+/m1/s1. The zero-order valence-corrected chi connectivity index (χ0v) is 22.0. The first kappa shape index (κ1) is 24.0. The normalized spacial score (nSPS) is 32.7. The van der Waals surface area contributed by atoms with E-state index in [0.717, 1.165) is 55.0 Å². The maximum Gasteiger partial charge on any atom is 0.339 e. The zero-order valence-electron chi connectivity index (χ0n) is 22.0. The van der Waals surface area contributed by atoms with E-state index in [4.69, 9.17) is 28.4 Å². The van der Waals surface area contributed by atoms with Crippen molar-refractivity contribution in [1.82, 2.24) is 4.90 Å². The van der Waals surface area contributed by atoms with E-state index in [2.05, 4.69) is 23.1 Å². The van der Waals surface area contributed by atoms with E-state index >= 15 is 0 Å². The van der Waals surface area contributed by atoms with Crippen molar-refractivity contribution in [2.24, 2.45) is 0 Å². The summed E-state index contributed by atoms with van der Waals surface area (Å²) in [5, 5.41) is 0. The molecule has 5 aliphatic rings. The van der Waals surface area contributed by atoms with Crippen LogP contribution in [-0.4, -0.2) is 61.4 Å². The van der Waals surface area contributed by atoms with Gasteiger partial charge in [0.2, 0.25) is 6.79 Å². The lowest BCUT2D eigenvalue weighted by Crippen LogP contribution is -2.48. The topological polar surface area (TPSA) is 75.7 Å². The van der Waals surface area contributed by atoms with Gasteiger partial charge in [-0.15, -0.1) is 0 Å². The molecule has 2 saturated heterocycles. The van der Waals surface area contributed by atoms with Gasteiger partial charge >= 0.3 is 5.97 Å². The van der Waals surface area contributed by atoms with Crippen LogP contribution in [0.1, 0.15) is 55.4 Å². The fourth-order valence-electron chi connectivity index (χ4n) is 7.11. The molecule has 0 amide bonds. The summed E-state index contributed by atoms with van der Waals surface area (Å²) in [6.07, 6.45) is 3.07. The third kappa shape index (κ3) is 3.65. The van der Waals surface area contributed by atoms with Gasteiger partial charge in [-0.25, -0.2) is 4.79 Å². The second kappa shape index (κ2) is 8.73. The number of esters is 1. The summed E-state index contributed by atoms with van der Waals surface area (Å²) in [7, 11) is 1.65. The van der Waals surface area contributed by atoms with Crippen LogP contribution in [0.5, 0.6) is 11.5 Å². The third-order valence-corrected chi connectivity index (χ3v) is 8.66. The van der Waals surface area contributed by atoms with Crippen molar-refractivity contribution in [3.63, 3.8) is 0 Å². The van der Waals surface area contributed by atoms with Crippen LogP contribution >= 0.6 is 0 Å². The number of nitrogens with zero attached hydrogens (tertiary/aromatic N) is 1. The van der Waals surface area contributed by atoms with Crippen LogP contribution in [-0.2, 0) is 30.2 Å². The lowest BCUT2D eigenvalue weighted by Gasteiger charge is -2.39. The summed E-state index contributed by atoms with van der Waals surface area (Å²) in [5.41, 5.74) is 2.91. The number of methoxy groups -OCH3 is 1. The van der Waals surface area contributed by atoms with Crippen LogP contribution in [0.3, 0.4) is 0 Å². The van der Waals surface area contributed by atoms with Crippen molar-refractivity contribution < 1.29 is 33.2 Å². The van der Waals surface area contributed by atoms with Crippen molar-refractivity contribution in [2.45, 2.75) is 68.7 Å². The smallest absolute Gasteiger partial charge is 0.339 e. The van der Waals surface area contributed by atoms with Gasteiger partial charge in [0.1, 0.15) is 11.9 Å². The summed E-state index contributed by atoms with van der Waals surface area (Å²) >= 11 is 0. The van der Waals surface area contributed by atoms with Crippen molar-refractivity contribution in [1.29, 1.82) is 0 Å². The van der Waals surface area contributed by atoms with Gasteiger partial charge in [-0.2, -0.15) is 0 Å². The molecule has 2 fully saturated rings. The minimum absolute atomic E-state index is 0.138. The van der Waals surface area contributed by atoms with E-state index in [-0.39, 0.29) is 18.2 Å². The Hall–Kier alpha value is -3.07. The minimum atomic E-state index is -0.921. The van der Waals surface area contributed by atoms with Gasteiger partial charge in [0.05, 0.1) is 18.6 Å². The molecule has 2 aromatic carbocycles. The Morgan fingerprint density at radius 3 is 2.63 bits per heavy atom. The maximum atomic E-state index is 13.9. The second-order valence-corrected chi connectivity index (χ2v) is 11.2. The van der Waals surface area contributed by atoms with Gasteiger partial charge in [-0.3, -0.25) is 4.90 Å². The van der Waals surface area contributed by atoms with Crippen LogP contribution in [0.2, 0.25) is 0 Å². The number of benzene rings is 2. The molecule has 0 aromatic heterocycles. The molecule has 4 aliphatic heterocycles. The molecule has 7 rings (SSSR count). The van der Waals surface area contributed by atoms with Gasteiger partial charge in [-0.1, -0.05) is 30.3 Å². The predicted octanol–water partition coefficient (Wildman–Crippen LogP) is 4.24. The summed E-state index contributed by atoms with van der Waals surface area (Å²) in [6, 6.07) is 13.9. The Bertz CT molecular complexity index is 1290. The first-order valence-electron chi connectivity index (χ1n) is 13.4. The molecule has 0 radical (unpaired) electrons. The van der Waals surface area contributed by atoms with Crippen LogP contribution < -0.4 is 9.47 Å². The highest BCUT2D eigenvalue weighted by molar-refractivity contribution is 5.77. The molecule has 0 bridgehead atoms. The first-order chi connectivity index (χ1) is 18.4. The van der Waals surface area contributed by atoms with E-state index in [9.17, 15) is 4.79 Å². The summed E-state index contributed by atoms with van der Waals surface area (Å²) in [6.45, 7) is 5.77. The lowest BCUT2D eigenvalue weighted by atomic mass is 9.77. The molecule has 2 aromatic rings. The Morgan fingerprint density at radius 1 is 1.05 bits per heavy atom. The summed E-state index contributed by atoms with van der Waals surface area (Å²) in [5.74, 6) is 0.674. The average molecular weight is 520 g/mol. The van der Waals surface area contributed by atoms with Gasteiger partial charge in [0.15, 0.2) is 29.5 Å². The third-order valence-electron chi connectivity index (χ3n) is 8.66. The van der Waals surface area contributed by atoms with Crippen LogP contribution in [0.4, 0.5) is 0 Å². The van der Waals surface area contributed by atoms with E-state index < -0.39 is 30.1 Å². The number of hydrogen-bond acceptors (Lipinski definition) is 8. The Balaban J connectivity index is 1.27. The zero-order chi connectivity index (χ0) is 26.1. The molecule has 0 N–H and O–H groups in total. The van der Waals surface area contributed by atoms with Crippen LogP contribution in [0, 0.1) is 0 Å². The number of fused-ring (bicyclic) bond motifs is 3. The fraction of sp³-hybridized carbons (Fsp3) is 0.500. The predicted molar refractivity (Wildman–Crippen MR) is 137 cm³/mol. The minimum Gasteiger partial charge on any atom is -0.497 e. The lowest BCUT2D eigenvalue weighted by molar-refractivity contribution is -0.175. The SMILES string of the molecule is COC1=C[C@]23CCCN2CCc2cc4c(cc2[C@@H]3C1OC(=O)C1OC(C)(C)OC1c1ccccc1)OCO4. The molecule has 5 atom stereocenters. The van der Waals surface area contributed by atoms with Crippen molar-refractivity contribution in [2.75, 3.05) is 27.0 Å². The summed E-state index contributed by atoms with van der Waals surface area (Å²) < 4.78 is 36.1. The van der Waals surface area contributed by atoms with Gasteiger partial charge in [0, 0.05) is 6.54 Å². The molecular formula is C30H33NO7. The van der Waals surface area contributed by atoms with E-state index in [1.807, 2.05) is 44.2 Å². The number of ether oxygens (including phenoxy) is 6. The molecule has 3 unspecified atom stereocenters. The number of rotatable bonds is 4. The van der Waals surface area contributed by atoms with Crippen molar-refractivity contribution in [3.8, 4) is 11.5 Å². The molecule has 1 spiro atoms. The van der Waals surface area contributed by atoms with E-state index in [0.29, 0.717) is 5.76 Å². The number of carbonyl (C=O) groups excluding carboxylic acids is 1. The molecular weight excluding hydrogens is 486 g/mol. The highest BCUT2D eigenvalue weighted by Crippen LogP contribution is 2.56. The molecule has 4 heterocycles. The molecule has 8 heteroatoms. The Kier molecular flexibility index (Phi) is 5.51. The van der Waals surface area contributed by atoms with E-state index in [1.165, 1.54) is 5.56 Å². The monoisotopic (exact) mass is 519 g/mol. The highest BCUT2D eigenvalue weighted by Gasteiger charge is 2.59. The van der Waals surface area contributed by atoms with Crippen LogP contribution in [0.15, 0.2) is 54.3 Å². The van der Waals surface area contributed by atoms with E-state index in [1.54, 1.807) is 7.11 Å². The average Bonchev–Trinajstić information content (AvgIpc) is 3.66. The Labute approximate surface area is 222 Å². The quantitative estimate of drug-likeness (QED) is 0.556. The van der Waals surface area contributed by atoms with Gasteiger partial charge in [-0.05, 0) is 74.6 Å². The van der Waals surface area contributed by atoms with Gasteiger partial charge in [0.25, 0.3) is 0 Å². The highest BCUT2D eigenvalue weighted by atomic mass is 16.8. The molecule has 1 aliphatic carbocycles. The maximum absolute atomic E-state index is 13.9. The molecule has 200 valence electrons. The molecule has 38 heavy (non-hydrogen) atoms. The van der Waals surface area contributed by atoms with Gasteiger partial charge < -0.3 is 28.4 Å². The number of hydrogen-bond donors (Lipinski definition) is 0. The largest absolute Gasteiger partial charge is 0.497 e. The molecule has 0 saturated carbocycles. The van der Waals surface area contributed by atoms with Crippen molar-refractivity contribution >= 4 is 5.97 Å². The fourth-order valence-corrected chi connectivity index (χ4v) is 7.11. The summed E-state index contributed by atoms with van der Waals surface area (Å²) in [4.78, 5) is 16.4. The van der Waals surface area contributed by atoms with Crippen LogP contribution in [0.25, 0.3) is 0 Å². The van der Waals surface area contributed by atoms with Crippen molar-refractivity contribution in [3.05, 3.63) is 71.0 Å².